The zero-order valence-electron chi connectivity index (χ0n) is 19.7. The summed E-state index contributed by atoms with van der Waals surface area (Å²) in [5.74, 6) is 0.302. The predicted molar refractivity (Wildman–Crippen MR) is 125 cm³/mol. The summed E-state index contributed by atoms with van der Waals surface area (Å²) in [6.07, 6.45) is 8.04. The first-order chi connectivity index (χ1) is 16.1. The average Bonchev–Trinajstić information content (AvgIpc) is 3.32. The number of hydrogen-bond acceptors (Lipinski definition) is 7. The smallest absolute Gasteiger partial charge is 0.415 e. The second kappa shape index (κ2) is 7.77. The lowest BCUT2D eigenvalue weighted by molar-refractivity contribution is -0.0264. The number of benzene rings is 1. The molecule has 2 aliphatic rings. The van der Waals surface area contributed by atoms with Gasteiger partial charge >= 0.3 is 6.09 Å². The van der Waals surface area contributed by atoms with Gasteiger partial charge in [0.2, 0.25) is 0 Å². The van der Waals surface area contributed by atoms with Crippen molar-refractivity contribution in [3.05, 3.63) is 48.3 Å². The molecule has 1 aromatic carbocycles. The van der Waals surface area contributed by atoms with Crippen LogP contribution in [0.1, 0.15) is 57.8 Å². The Labute approximate surface area is 198 Å². The zero-order valence-corrected chi connectivity index (χ0v) is 19.7. The number of ether oxygens (including phenoxy) is 1. The van der Waals surface area contributed by atoms with Gasteiger partial charge in [-0.3, -0.25) is 4.90 Å². The molecule has 1 spiro atoms. The minimum atomic E-state index is -1.15. The maximum atomic E-state index is 12.9. The average molecular weight is 461 g/mol. The predicted octanol–water partition coefficient (Wildman–Crippen LogP) is 3.90. The van der Waals surface area contributed by atoms with Gasteiger partial charge in [-0.1, -0.05) is 6.92 Å². The van der Waals surface area contributed by atoms with Gasteiger partial charge in [-0.2, -0.15) is 5.26 Å². The minimum absolute atomic E-state index is 0.105. The molecule has 0 unspecified atom stereocenters. The third kappa shape index (κ3) is 3.99. The Morgan fingerprint density at radius 3 is 2.71 bits per heavy atom. The van der Waals surface area contributed by atoms with Crippen LogP contribution in [0.2, 0.25) is 0 Å². The van der Waals surface area contributed by atoms with Crippen LogP contribution in [0.3, 0.4) is 0 Å². The van der Waals surface area contributed by atoms with Crippen molar-refractivity contribution in [2.24, 2.45) is 5.41 Å². The van der Waals surface area contributed by atoms with Crippen LogP contribution in [-0.2, 0) is 16.9 Å². The van der Waals surface area contributed by atoms with E-state index in [0.29, 0.717) is 23.6 Å². The monoisotopic (exact) mass is 460 g/mol. The summed E-state index contributed by atoms with van der Waals surface area (Å²) in [6, 6.07) is 7.72. The van der Waals surface area contributed by atoms with Crippen LogP contribution in [0.15, 0.2) is 36.9 Å². The minimum Gasteiger partial charge on any atom is -0.441 e. The highest BCUT2D eigenvalue weighted by molar-refractivity contribution is 5.90. The van der Waals surface area contributed by atoms with E-state index in [1.807, 2.05) is 18.5 Å². The Kier molecular flexibility index (Phi) is 5.10. The first-order valence-electron chi connectivity index (χ1n) is 11.5. The first kappa shape index (κ1) is 22.3. The van der Waals surface area contributed by atoms with Crippen molar-refractivity contribution in [3.63, 3.8) is 0 Å². The van der Waals surface area contributed by atoms with Gasteiger partial charge in [-0.05, 0) is 63.1 Å². The summed E-state index contributed by atoms with van der Waals surface area (Å²) < 4.78 is 8.11. The second-order valence-electron chi connectivity index (χ2n) is 10.5. The van der Waals surface area contributed by atoms with Gasteiger partial charge in [0, 0.05) is 6.54 Å². The largest absolute Gasteiger partial charge is 0.441 e. The number of carbonyl (C=O) groups excluding carboxylic acids is 1. The quantitative estimate of drug-likeness (QED) is 0.627. The number of rotatable bonds is 4. The molecule has 1 aliphatic carbocycles. The highest BCUT2D eigenvalue weighted by atomic mass is 16.6. The highest BCUT2D eigenvalue weighted by Crippen LogP contribution is 2.47. The Bertz CT molecular complexity index is 1290. The van der Waals surface area contributed by atoms with E-state index in [9.17, 15) is 15.2 Å². The summed E-state index contributed by atoms with van der Waals surface area (Å²) in [5, 5.41) is 19.4. The molecule has 1 amide bonds. The lowest BCUT2D eigenvalue weighted by atomic mass is 9.68. The molecule has 2 atom stereocenters. The van der Waals surface area contributed by atoms with Crippen LogP contribution in [0.5, 0.6) is 0 Å². The fourth-order valence-corrected chi connectivity index (χ4v) is 5.41. The molecule has 1 N–H and O–H groups in total. The standard InChI is InChI=1S/C25H28N6O3/c1-23(2,33)21-27-11-18(12-28-21)31-15-25(34-22(31)32)8-4-7-24(3,13-25)14-30-16-29-19-6-5-17(10-26)9-20(19)30/h5-6,9,11-12,16,33H,4,7-8,13-15H2,1-3H3/t24-,25-/m0/s1. The molecule has 2 fully saturated rings. The van der Waals surface area contributed by atoms with Crippen LogP contribution < -0.4 is 4.90 Å². The number of fused-ring (bicyclic) bond motifs is 1. The van der Waals surface area contributed by atoms with Gasteiger partial charge < -0.3 is 14.4 Å². The van der Waals surface area contributed by atoms with Crippen molar-refractivity contribution >= 4 is 22.8 Å². The topological polar surface area (TPSA) is 117 Å². The van der Waals surface area contributed by atoms with E-state index in [4.69, 9.17) is 4.74 Å². The number of hydrogen-bond donors (Lipinski definition) is 1. The Morgan fingerprint density at radius 2 is 2.00 bits per heavy atom. The molecule has 176 valence electrons. The molecule has 1 saturated carbocycles. The van der Waals surface area contributed by atoms with Gasteiger partial charge in [0.25, 0.3) is 0 Å². The molecule has 2 aromatic heterocycles. The number of anilines is 1. The van der Waals surface area contributed by atoms with E-state index in [-0.39, 0.29) is 5.41 Å². The van der Waals surface area contributed by atoms with Gasteiger partial charge in [-0.15, -0.1) is 0 Å². The fourth-order valence-electron chi connectivity index (χ4n) is 5.41. The molecular formula is C25H28N6O3. The lowest BCUT2D eigenvalue weighted by Gasteiger charge is -2.43. The highest BCUT2D eigenvalue weighted by Gasteiger charge is 2.51. The van der Waals surface area contributed by atoms with Gasteiger partial charge in [0.1, 0.15) is 11.2 Å². The normalized spacial score (nSPS) is 25.0. The molecule has 34 heavy (non-hydrogen) atoms. The van der Waals surface area contributed by atoms with E-state index >= 15 is 0 Å². The van der Waals surface area contributed by atoms with Crippen molar-refractivity contribution in [1.29, 1.82) is 5.26 Å². The van der Waals surface area contributed by atoms with Crippen molar-refractivity contribution in [2.75, 3.05) is 11.4 Å². The van der Waals surface area contributed by atoms with E-state index in [1.165, 1.54) is 0 Å². The SMILES string of the molecule is CC(C)(O)c1ncc(N2C[C@@]3(CCC[C@](C)(Cn4cnc5ccc(C#N)cc54)C3)OC2=O)cn1. The van der Waals surface area contributed by atoms with E-state index < -0.39 is 17.3 Å². The number of imidazole rings is 1. The number of nitriles is 1. The summed E-state index contributed by atoms with van der Waals surface area (Å²) in [7, 11) is 0. The Morgan fingerprint density at radius 1 is 1.24 bits per heavy atom. The van der Waals surface area contributed by atoms with Crippen molar-refractivity contribution in [1.82, 2.24) is 19.5 Å². The summed E-state index contributed by atoms with van der Waals surface area (Å²) in [4.78, 5) is 27.4. The number of carbonyl (C=O) groups is 1. The van der Waals surface area contributed by atoms with Gasteiger partial charge in [0.15, 0.2) is 5.82 Å². The lowest BCUT2D eigenvalue weighted by Crippen LogP contribution is -2.45. The van der Waals surface area contributed by atoms with Crippen molar-refractivity contribution < 1.29 is 14.6 Å². The third-order valence-electron chi connectivity index (χ3n) is 6.93. The van der Waals surface area contributed by atoms with E-state index in [1.54, 1.807) is 37.2 Å². The summed E-state index contributed by atoms with van der Waals surface area (Å²) >= 11 is 0. The second-order valence-corrected chi connectivity index (χ2v) is 10.5. The molecular weight excluding hydrogens is 432 g/mol. The molecule has 9 nitrogen and oxygen atoms in total. The summed E-state index contributed by atoms with van der Waals surface area (Å²) in [6.45, 7) is 6.63. The third-order valence-corrected chi connectivity index (χ3v) is 6.93. The van der Waals surface area contributed by atoms with Crippen LogP contribution in [0.25, 0.3) is 11.0 Å². The molecule has 0 bridgehead atoms. The molecule has 9 heteroatoms. The zero-order chi connectivity index (χ0) is 24.1. The summed E-state index contributed by atoms with van der Waals surface area (Å²) in [5.41, 5.74) is 1.14. The maximum Gasteiger partial charge on any atom is 0.415 e. The van der Waals surface area contributed by atoms with Crippen LogP contribution in [0, 0.1) is 16.7 Å². The van der Waals surface area contributed by atoms with Crippen molar-refractivity contribution in [2.45, 2.75) is 64.2 Å². The van der Waals surface area contributed by atoms with Crippen LogP contribution >= 0.6 is 0 Å². The first-order valence-corrected chi connectivity index (χ1v) is 11.5. The number of amides is 1. The van der Waals surface area contributed by atoms with Crippen LogP contribution in [-0.4, -0.2) is 42.9 Å². The van der Waals surface area contributed by atoms with Crippen LogP contribution in [0.4, 0.5) is 10.5 Å². The fraction of sp³-hybridized carbons (Fsp3) is 0.480. The number of aliphatic hydroxyl groups is 1. The molecule has 1 saturated heterocycles. The molecule has 1 aliphatic heterocycles. The Balaban J connectivity index is 1.36. The maximum absolute atomic E-state index is 12.9. The van der Waals surface area contributed by atoms with Crippen molar-refractivity contribution in [3.8, 4) is 6.07 Å². The molecule has 3 aromatic rings. The number of aromatic nitrogens is 4. The van der Waals surface area contributed by atoms with E-state index in [0.717, 1.165) is 43.3 Å². The number of nitrogens with zero attached hydrogens (tertiary/aromatic N) is 6. The van der Waals surface area contributed by atoms with E-state index in [2.05, 4.69) is 32.5 Å². The Hall–Kier alpha value is -3.51. The van der Waals surface area contributed by atoms with Gasteiger partial charge in [-0.25, -0.2) is 19.7 Å². The molecule has 3 heterocycles. The molecule has 5 rings (SSSR count). The molecule has 0 radical (unpaired) electrons. The van der Waals surface area contributed by atoms with Gasteiger partial charge in [0.05, 0.1) is 53.6 Å².